The second-order valence-corrected chi connectivity index (χ2v) is 5.99. The van der Waals surface area contributed by atoms with Crippen molar-refractivity contribution in [1.29, 1.82) is 0 Å². The van der Waals surface area contributed by atoms with Crippen LogP contribution in [0.5, 0.6) is 0 Å². The van der Waals surface area contributed by atoms with E-state index in [9.17, 15) is 14.0 Å². The van der Waals surface area contributed by atoms with Gasteiger partial charge < -0.3 is 10.2 Å². The van der Waals surface area contributed by atoms with E-state index < -0.39 is 0 Å². The Morgan fingerprint density at radius 3 is 2.36 bits per heavy atom. The fourth-order valence-electron chi connectivity index (χ4n) is 2.51. The van der Waals surface area contributed by atoms with Gasteiger partial charge in [-0.1, -0.05) is 42.5 Å². The summed E-state index contributed by atoms with van der Waals surface area (Å²) in [5.74, 6) is -0.476. The van der Waals surface area contributed by atoms with Gasteiger partial charge in [0, 0.05) is 20.0 Å². The molecule has 0 aliphatic heterocycles. The summed E-state index contributed by atoms with van der Waals surface area (Å²) in [6.07, 6.45) is 0.527. The quantitative estimate of drug-likeness (QED) is 0.841. The molecule has 1 atom stereocenters. The number of nitrogens with one attached hydrogen (secondary N) is 1. The first-order chi connectivity index (χ1) is 12.0. The molecule has 2 aromatic rings. The highest BCUT2D eigenvalue weighted by Crippen LogP contribution is 2.19. The maximum atomic E-state index is 13.0. The van der Waals surface area contributed by atoms with Gasteiger partial charge in [0.15, 0.2) is 0 Å². The summed E-state index contributed by atoms with van der Waals surface area (Å²) < 4.78 is 13.0. The van der Waals surface area contributed by atoms with E-state index in [0.717, 1.165) is 11.1 Å². The molecule has 0 aliphatic rings. The molecule has 2 rings (SSSR count). The number of benzene rings is 2. The van der Waals surface area contributed by atoms with Crippen LogP contribution in [-0.2, 0) is 16.0 Å². The first kappa shape index (κ1) is 18.6. The summed E-state index contributed by atoms with van der Waals surface area (Å²) in [7, 11) is 1.71. The van der Waals surface area contributed by atoms with E-state index in [1.165, 1.54) is 12.1 Å². The topological polar surface area (TPSA) is 49.4 Å². The molecule has 0 spiro atoms. The van der Waals surface area contributed by atoms with Crippen molar-refractivity contribution in [1.82, 2.24) is 10.2 Å². The monoisotopic (exact) mass is 342 g/mol. The van der Waals surface area contributed by atoms with Crippen LogP contribution in [0.15, 0.2) is 54.6 Å². The van der Waals surface area contributed by atoms with Crippen molar-refractivity contribution in [3.05, 3.63) is 71.5 Å². The Morgan fingerprint density at radius 2 is 1.72 bits per heavy atom. The highest BCUT2D eigenvalue weighted by atomic mass is 19.1. The molecule has 0 saturated carbocycles. The molecule has 0 aromatic heterocycles. The molecular formula is C20H23FN2O2. The van der Waals surface area contributed by atoms with Crippen molar-refractivity contribution in [2.45, 2.75) is 25.8 Å². The smallest absolute Gasteiger partial charge is 0.224 e. The Bertz CT molecular complexity index is 701. The molecule has 0 aliphatic carbocycles. The maximum absolute atomic E-state index is 13.0. The molecule has 1 N–H and O–H groups in total. The van der Waals surface area contributed by atoms with Gasteiger partial charge >= 0.3 is 0 Å². The van der Waals surface area contributed by atoms with Gasteiger partial charge in [-0.25, -0.2) is 4.39 Å². The molecule has 4 nitrogen and oxygen atoms in total. The Balaban J connectivity index is 1.77. The van der Waals surface area contributed by atoms with Gasteiger partial charge in [0.1, 0.15) is 5.82 Å². The van der Waals surface area contributed by atoms with Gasteiger partial charge in [-0.15, -0.1) is 0 Å². The fourth-order valence-corrected chi connectivity index (χ4v) is 2.51. The van der Waals surface area contributed by atoms with Crippen LogP contribution >= 0.6 is 0 Å². The van der Waals surface area contributed by atoms with Gasteiger partial charge in [-0.05, 0) is 30.2 Å². The molecule has 25 heavy (non-hydrogen) atoms. The lowest BCUT2D eigenvalue weighted by Gasteiger charge is -2.25. The zero-order valence-electron chi connectivity index (χ0n) is 14.5. The number of carbonyl (C=O) groups excluding carboxylic acids is 2. The second-order valence-electron chi connectivity index (χ2n) is 5.99. The van der Waals surface area contributed by atoms with Crippen molar-refractivity contribution >= 4 is 11.8 Å². The molecule has 0 bridgehead atoms. The number of amides is 2. The lowest BCUT2D eigenvalue weighted by Crippen LogP contribution is -2.34. The Kier molecular flexibility index (Phi) is 6.69. The van der Waals surface area contributed by atoms with Crippen molar-refractivity contribution in [2.75, 3.05) is 13.6 Å². The summed E-state index contributed by atoms with van der Waals surface area (Å²) in [5.41, 5.74) is 1.80. The van der Waals surface area contributed by atoms with E-state index in [0.29, 0.717) is 13.0 Å². The Morgan fingerprint density at radius 1 is 1.08 bits per heavy atom. The molecule has 132 valence electrons. The second kappa shape index (κ2) is 8.97. The number of nitrogens with zero attached hydrogens (tertiary/aromatic N) is 1. The summed E-state index contributed by atoms with van der Waals surface area (Å²) in [5, 5.41) is 2.77. The van der Waals surface area contributed by atoms with E-state index in [1.54, 1.807) is 24.1 Å². The minimum atomic E-state index is -0.300. The fraction of sp³-hybridized carbons (Fsp3) is 0.300. The standard InChI is InChI=1S/C20H23FN2O2/c1-15(17-8-10-18(21)11-9-17)23(2)20(25)12-13-22-19(24)14-16-6-4-3-5-7-16/h3-11,15H,12-14H2,1-2H3,(H,22,24). The maximum Gasteiger partial charge on any atom is 0.224 e. The van der Waals surface area contributed by atoms with Crippen LogP contribution in [0.3, 0.4) is 0 Å². The third-order valence-corrected chi connectivity index (χ3v) is 4.20. The largest absolute Gasteiger partial charge is 0.355 e. The van der Waals surface area contributed by atoms with Crippen LogP contribution in [0.4, 0.5) is 4.39 Å². The normalized spacial score (nSPS) is 11.6. The average Bonchev–Trinajstić information content (AvgIpc) is 2.62. The van der Waals surface area contributed by atoms with E-state index >= 15 is 0 Å². The average molecular weight is 342 g/mol. The summed E-state index contributed by atoms with van der Waals surface area (Å²) in [6, 6.07) is 15.4. The van der Waals surface area contributed by atoms with Gasteiger partial charge in [0.2, 0.25) is 11.8 Å². The van der Waals surface area contributed by atoms with E-state index in [-0.39, 0.29) is 30.1 Å². The van der Waals surface area contributed by atoms with Crippen molar-refractivity contribution in [3.63, 3.8) is 0 Å². The van der Waals surface area contributed by atoms with E-state index in [1.807, 2.05) is 37.3 Å². The molecule has 2 amide bonds. The van der Waals surface area contributed by atoms with Crippen LogP contribution in [0.2, 0.25) is 0 Å². The van der Waals surface area contributed by atoms with Gasteiger partial charge in [0.25, 0.3) is 0 Å². The summed E-state index contributed by atoms with van der Waals surface area (Å²) >= 11 is 0. The minimum absolute atomic E-state index is 0.0724. The lowest BCUT2D eigenvalue weighted by molar-refractivity contribution is -0.131. The van der Waals surface area contributed by atoms with Crippen LogP contribution < -0.4 is 5.32 Å². The Hall–Kier alpha value is -2.69. The molecular weight excluding hydrogens is 319 g/mol. The summed E-state index contributed by atoms with van der Waals surface area (Å²) in [6.45, 7) is 2.18. The molecule has 2 aromatic carbocycles. The van der Waals surface area contributed by atoms with E-state index in [4.69, 9.17) is 0 Å². The molecule has 0 saturated heterocycles. The van der Waals surface area contributed by atoms with Crippen LogP contribution in [-0.4, -0.2) is 30.3 Å². The van der Waals surface area contributed by atoms with Crippen LogP contribution in [0.1, 0.15) is 30.5 Å². The SMILES string of the molecule is CC(c1ccc(F)cc1)N(C)C(=O)CCNC(=O)Cc1ccccc1. The van der Waals surface area contributed by atoms with Crippen LogP contribution in [0, 0.1) is 5.82 Å². The lowest BCUT2D eigenvalue weighted by atomic mass is 10.1. The number of hydrogen-bond acceptors (Lipinski definition) is 2. The number of halogens is 1. The third kappa shape index (κ3) is 5.71. The number of rotatable bonds is 7. The third-order valence-electron chi connectivity index (χ3n) is 4.20. The summed E-state index contributed by atoms with van der Waals surface area (Å²) in [4.78, 5) is 25.8. The molecule has 5 heteroatoms. The van der Waals surface area contributed by atoms with Gasteiger partial charge in [0.05, 0.1) is 12.5 Å². The van der Waals surface area contributed by atoms with Crippen LogP contribution in [0.25, 0.3) is 0 Å². The van der Waals surface area contributed by atoms with Crippen molar-refractivity contribution in [2.24, 2.45) is 0 Å². The highest BCUT2D eigenvalue weighted by Gasteiger charge is 2.17. The first-order valence-corrected chi connectivity index (χ1v) is 8.29. The molecule has 0 fully saturated rings. The zero-order chi connectivity index (χ0) is 18.2. The molecule has 0 heterocycles. The minimum Gasteiger partial charge on any atom is -0.355 e. The predicted octanol–water partition coefficient (Wildman–Crippen LogP) is 3.09. The molecule has 0 radical (unpaired) electrons. The Labute approximate surface area is 147 Å². The number of carbonyl (C=O) groups is 2. The highest BCUT2D eigenvalue weighted by molar-refractivity contribution is 5.80. The predicted molar refractivity (Wildman–Crippen MR) is 95.4 cm³/mol. The number of hydrogen-bond donors (Lipinski definition) is 1. The van der Waals surface area contributed by atoms with Crippen molar-refractivity contribution < 1.29 is 14.0 Å². The first-order valence-electron chi connectivity index (χ1n) is 8.29. The van der Waals surface area contributed by atoms with E-state index in [2.05, 4.69) is 5.32 Å². The van der Waals surface area contributed by atoms with Gasteiger partial charge in [-0.3, -0.25) is 9.59 Å². The van der Waals surface area contributed by atoms with Gasteiger partial charge in [-0.2, -0.15) is 0 Å². The zero-order valence-corrected chi connectivity index (χ0v) is 14.5. The van der Waals surface area contributed by atoms with Crippen molar-refractivity contribution in [3.8, 4) is 0 Å². The molecule has 1 unspecified atom stereocenters.